The molecule has 0 bridgehead atoms. The van der Waals surface area contributed by atoms with Gasteiger partial charge in [0.15, 0.2) is 4.31 Å². The summed E-state index contributed by atoms with van der Waals surface area (Å²) in [6, 6.07) is 14.3. The number of benzene rings is 2. The molecule has 3 N–H and O–H groups in total. The molecule has 0 radical (unpaired) electrons. The van der Waals surface area contributed by atoms with Crippen molar-refractivity contribution < 1.29 is 28.3 Å². The van der Waals surface area contributed by atoms with Crippen LogP contribution in [0.15, 0.2) is 42.5 Å². The molecule has 8 heteroatoms. The Morgan fingerprint density at radius 2 is 1.43 bits per heavy atom. The molecule has 28 heavy (non-hydrogen) atoms. The number of hydrogen-bond acceptors (Lipinski definition) is 4. The lowest BCUT2D eigenvalue weighted by Gasteiger charge is -2.17. The Morgan fingerprint density at radius 1 is 0.857 bits per heavy atom. The molecule has 0 heterocycles. The summed E-state index contributed by atoms with van der Waals surface area (Å²) in [5.41, 5.74) is 4.91. The summed E-state index contributed by atoms with van der Waals surface area (Å²) in [6.45, 7) is 4.45. The van der Waals surface area contributed by atoms with E-state index in [1.165, 1.54) is 36.8 Å². The minimum atomic E-state index is -2.92. The van der Waals surface area contributed by atoms with Gasteiger partial charge in [-0.2, -0.15) is 0 Å². The topological polar surface area (TPSA) is 104 Å². The van der Waals surface area contributed by atoms with Crippen LogP contribution in [0.2, 0.25) is 0 Å². The summed E-state index contributed by atoms with van der Waals surface area (Å²) in [5, 5.41) is 10.4. The summed E-state index contributed by atoms with van der Waals surface area (Å²) < 4.78 is 22.2. The van der Waals surface area contributed by atoms with Crippen LogP contribution in [-0.2, 0) is 26.3 Å². The van der Waals surface area contributed by atoms with E-state index in [0.717, 1.165) is 24.0 Å². The van der Waals surface area contributed by atoms with Gasteiger partial charge < -0.3 is 5.11 Å². The minimum absolute atomic E-state index is 0.410. The molecule has 6 nitrogen and oxygen atoms in total. The number of unbranched alkanes of at least 4 members (excludes halogenated alkanes) is 2. The summed E-state index contributed by atoms with van der Waals surface area (Å²) in [7, 11) is -5.85. The van der Waals surface area contributed by atoms with Crippen molar-refractivity contribution in [3.05, 3.63) is 53.6 Å². The number of aromatic hydroxyl groups is 1. The zero-order valence-electron chi connectivity index (χ0n) is 16.2. The Hall–Kier alpha value is -1.68. The quantitative estimate of drug-likeness (QED) is 0.422. The van der Waals surface area contributed by atoms with Crippen LogP contribution in [0.3, 0.4) is 0 Å². The predicted octanol–water partition coefficient (Wildman–Crippen LogP) is 6.05. The van der Waals surface area contributed by atoms with E-state index in [1.807, 2.05) is 24.3 Å². The van der Waals surface area contributed by atoms with Crippen LogP contribution in [0.4, 0.5) is 0 Å². The standard InChI is InChI=1S/C20H26O.O5P2/c1-3-5-10-16-14-15-19(21)20(18(16)13-6-4-2)17-11-8-7-9-12-17;1-6(2)5-7(3)4/h7-9,11-12,14-15,21H,3-6,10,13H2,1-2H3;/p+2. The van der Waals surface area contributed by atoms with Crippen LogP contribution in [0.1, 0.15) is 50.7 Å². The maximum absolute atomic E-state index is 10.4. The molecule has 0 spiro atoms. The van der Waals surface area contributed by atoms with Gasteiger partial charge >= 0.3 is 16.5 Å². The third kappa shape index (κ3) is 8.55. The van der Waals surface area contributed by atoms with E-state index in [4.69, 9.17) is 9.79 Å². The summed E-state index contributed by atoms with van der Waals surface area (Å²) >= 11 is 0. The van der Waals surface area contributed by atoms with Gasteiger partial charge in [-0.05, 0) is 48.4 Å². The normalized spacial score (nSPS) is 11.4. The first-order valence-corrected chi connectivity index (χ1v) is 11.6. The van der Waals surface area contributed by atoms with Gasteiger partial charge in [-0.15, -0.1) is 9.79 Å². The van der Waals surface area contributed by atoms with Gasteiger partial charge in [0, 0.05) is 14.7 Å². The third-order valence-corrected chi connectivity index (χ3v) is 5.29. The van der Waals surface area contributed by atoms with E-state index >= 15 is 0 Å². The van der Waals surface area contributed by atoms with E-state index in [1.54, 1.807) is 0 Å². The minimum Gasteiger partial charge on any atom is -0.507 e. The predicted molar refractivity (Wildman–Crippen MR) is 112 cm³/mol. The fourth-order valence-electron chi connectivity index (χ4n) is 2.91. The second-order valence-corrected chi connectivity index (χ2v) is 7.83. The first-order valence-electron chi connectivity index (χ1n) is 9.30. The summed E-state index contributed by atoms with van der Waals surface area (Å²) in [6.07, 6.45) is 6.91. The molecule has 2 aromatic carbocycles. The van der Waals surface area contributed by atoms with Crippen molar-refractivity contribution in [3.63, 3.8) is 0 Å². The van der Waals surface area contributed by atoms with Crippen molar-refractivity contribution in [2.75, 3.05) is 0 Å². The highest BCUT2D eigenvalue weighted by Crippen LogP contribution is 2.36. The smallest absolute Gasteiger partial charge is 0.507 e. The fraction of sp³-hybridized carbons (Fsp3) is 0.400. The van der Waals surface area contributed by atoms with Crippen molar-refractivity contribution >= 4 is 16.5 Å². The third-order valence-electron chi connectivity index (χ3n) is 4.17. The van der Waals surface area contributed by atoms with Gasteiger partial charge in [-0.1, -0.05) is 63.1 Å². The lowest BCUT2D eigenvalue weighted by molar-refractivity contribution is 0.371. The van der Waals surface area contributed by atoms with E-state index in [0.29, 0.717) is 5.75 Å². The number of rotatable bonds is 9. The molecule has 0 fully saturated rings. The Balaban J connectivity index is 0.000000480. The van der Waals surface area contributed by atoms with Crippen LogP contribution < -0.4 is 0 Å². The molecule has 0 saturated carbocycles. The molecule has 0 aliphatic rings. The first-order chi connectivity index (χ1) is 13.4. The van der Waals surface area contributed by atoms with E-state index in [-0.39, 0.29) is 0 Å². The number of hydrogen-bond donors (Lipinski definition) is 3. The van der Waals surface area contributed by atoms with Crippen molar-refractivity contribution in [2.45, 2.75) is 52.4 Å². The highest BCUT2D eigenvalue weighted by molar-refractivity contribution is 7.46. The van der Waals surface area contributed by atoms with Gasteiger partial charge in [0.1, 0.15) is 5.75 Å². The van der Waals surface area contributed by atoms with Gasteiger partial charge in [-0.25, -0.2) is 0 Å². The lowest BCUT2D eigenvalue weighted by Crippen LogP contribution is -1.99. The largest absolute Gasteiger partial charge is 0.745 e. The summed E-state index contributed by atoms with van der Waals surface area (Å²) in [4.78, 5) is 15.3. The summed E-state index contributed by atoms with van der Waals surface area (Å²) in [5.74, 6) is 0.410. The highest BCUT2D eigenvalue weighted by Gasteiger charge is 2.31. The Bertz CT molecular complexity index is 753. The molecule has 0 aliphatic carbocycles. The monoisotopic (exact) mass is 426 g/mol. The number of aryl methyl sites for hydroxylation is 1. The molecular formula is C20H28O6P2+2. The zero-order valence-corrected chi connectivity index (χ0v) is 18.0. The van der Waals surface area contributed by atoms with Crippen LogP contribution in [0.5, 0.6) is 5.75 Å². The molecule has 152 valence electrons. The Morgan fingerprint density at radius 3 is 1.93 bits per heavy atom. The van der Waals surface area contributed by atoms with Crippen molar-refractivity contribution in [3.8, 4) is 16.9 Å². The van der Waals surface area contributed by atoms with Crippen molar-refractivity contribution in [2.24, 2.45) is 0 Å². The van der Waals surface area contributed by atoms with E-state index in [2.05, 4.69) is 36.4 Å². The maximum atomic E-state index is 10.4. The second kappa shape index (κ2) is 13.5. The highest BCUT2D eigenvalue weighted by atomic mass is 31.2. The van der Waals surface area contributed by atoms with Gasteiger partial charge in [-0.3, -0.25) is 0 Å². The van der Waals surface area contributed by atoms with Gasteiger partial charge in [0.05, 0.1) is 0 Å². The molecule has 2 unspecified atom stereocenters. The molecule has 0 amide bonds. The molecule has 2 rings (SSSR count). The average Bonchev–Trinajstić information content (AvgIpc) is 2.65. The Kier molecular flexibility index (Phi) is 11.7. The van der Waals surface area contributed by atoms with E-state index in [9.17, 15) is 14.2 Å². The molecule has 0 saturated heterocycles. The van der Waals surface area contributed by atoms with Crippen molar-refractivity contribution in [1.29, 1.82) is 0 Å². The second-order valence-electron chi connectivity index (χ2n) is 6.23. The van der Waals surface area contributed by atoms with Crippen molar-refractivity contribution in [1.82, 2.24) is 0 Å². The van der Waals surface area contributed by atoms with Gasteiger partial charge in [0.2, 0.25) is 0 Å². The van der Waals surface area contributed by atoms with Crippen LogP contribution in [0, 0.1) is 0 Å². The SMILES string of the molecule is CCCCc1ccc(O)c(-c2ccccc2)c1CCCC.O=[P+](O)O[P+](=O)O. The van der Waals surface area contributed by atoms with Crippen LogP contribution in [0.25, 0.3) is 11.1 Å². The van der Waals surface area contributed by atoms with Gasteiger partial charge in [0.25, 0.3) is 0 Å². The fourth-order valence-corrected chi connectivity index (χ4v) is 3.38. The van der Waals surface area contributed by atoms with Crippen LogP contribution in [-0.4, -0.2) is 14.9 Å². The molecule has 2 atom stereocenters. The number of phenols is 1. The molecule has 0 aliphatic heterocycles. The molecule has 2 aromatic rings. The molecule has 0 aromatic heterocycles. The average molecular weight is 426 g/mol. The zero-order chi connectivity index (χ0) is 20.9. The van der Waals surface area contributed by atoms with E-state index < -0.39 is 16.5 Å². The molecular weight excluding hydrogens is 398 g/mol. The maximum Gasteiger partial charge on any atom is 0.745 e. The van der Waals surface area contributed by atoms with Crippen LogP contribution >= 0.6 is 16.5 Å². The lowest BCUT2D eigenvalue weighted by atomic mass is 9.89. The Labute approximate surface area is 168 Å². The first kappa shape index (κ1) is 24.4. The number of phenolic OH excluding ortho intramolecular Hbond substituents is 1.